The monoisotopic (exact) mass is 343 g/mol. The lowest BCUT2D eigenvalue weighted by Gasteiger charge is -2.01. The molecule has 0 bridgehead atoms. The molecule has 106 valence electrons. The Morgan fingerprint density at radius 2 is 1.81 bits per heavy atom. The van der Waals surface area contributed by atoms with E-state index < -0.39 is 0 Å². The minimum absolute atomic E-state index is 0.478. The SMILES string of the molecule is Cc1ccc(-c2noc(-c3cc(N)ccc3C)n2)cc1Br. The third kappa shape index (κ3) is 2.69. The van der Waals surface area contributed by atoms with E-state index in [0.29, 0.717) is 17.4 Å². The van der Waals surface area contributed by atoms with E-state index in [1.807, 2.05) is 50.2 Å². The summed E-state index contributed by atoms with van der Waals surface area (Å²) in [7, 11) is 0. The molecule has 0 amide bonds. The molecular weight excluding hydrogens is 330 g/mol. The van der Waals surface area contributed by atoms with Gasteiger partial charge in [-0.05, 0) is 43.2 Å². The molecule has 0 atom stereocenters. The van der Waals surface area contributed by atoms with E-state index >= 15 is 0 Å². The molecule has 3 rings (SSSR count). The molecule has 0 saturated carbocycles. The van der Waals surface area contributed by atoms with Crippen molar-refractivity contribution in [3.63, 3.8) is 0 Å². The number of nitrogen functional groups attached to an aromatic ring is 1. The van der Waals surface area contributed by atoms with E-state index in [0.717, 1.165) is 26.7 Å². The van der Waals surface area contributed by atoms with Crippen molar-refractivity contribution in [3.8, 4) is 22.8 Å². The summed E-state index contributed by atoms with van der Waals surface area (Å²) < 4.78 is 6.40. The van der Waals surface area contributed by atoms with Crippen molar-refractivity contribution in [1.82, 2.24) is 10.1 Å². The van der Waals surface area contributed by atoms with Crippen LogP contribution in [0.2, 0.25) is 0 Å². The highest BCUT2D eigenvalue weighted by molar-refractivity contribution is 9.10. The van der Waals surface area contributed by atoms with Crippen LogP contribution in [0.3, 0.4) is 0 Å². The summed E-state index contributed by atoms with van der Waals surface area (Å²) in [4.78, 5) is 4.47. The fraction of sp³-hybridized carbons (Fsp3) is 0.125. The van der Waals surface area contributed by atoms with Crippen LogP contribution >= 0.6 is 15.9 Å². The fourth-order valence-corrected chi connectivity index (χ4v) is 2.43. The average Bonchev–Trinajstić information content (AvgIpc) is 2.94. The average molecular weight is 344 g/mol. The van der Waals surface area contributed by atoms with Crippen molar-refractivity contribution >= 4 is 21.6 Å². The molecule has 0 fully saturated rings. The highest BCUT2D eigenvalue weighted by Crippen LogP contribution is 2.28. The summed E-state index contributed by atoms with van der Waals surface area (Å²) in [6.07, 6.45) is 0. The van der Waals surface area contributed by atoms with Gasteiger partial charge in [-0.2, -0.15) is 4.98 Å². The predicted octanol–water partition coefficient (Wildman–Crippen LogP) is 4.37. The van der Waals surface area contributed by atoms with Crippen molar-refractivity contribution < 1.29 is 4.52 Å². The first-order chi connectivity index (χ1) is 10.0. The van der Waals surface area contributed by atoms with E-state index in [-0.39, 0.29) is 0 Å². The minimum Gasteiger partial charge on any atom is -0.399 e. The fourth-order valence-electron chi connectivity index (χ4n) is 2.05. The van der Waals surface area contributed by atoms with Gasteiger partial charge < -0.3 is 10.3 Å². The van der Waals surface area contributed by atoms with Crippen molar-refractivity contribution in [2.24, 2.45) is 0 Å². The summed E-state index contributed by atoms with van der Waals surface area (Å²) in [5.41, 5.74) is 10.5. The zero-order chi connectivity index (χ0) is 15.0. The molecular formula is C16H14BrN3O. The Bertz CT molecular complexity index is 811. The number of aromatic nitrogens is 2. The van der Waals surface area contributed by atoms with Crippen LogP contribution in [0.1, 0.15) is 11.1 Å². The van der Waals surface area contributed by atoms with Gasteiger partial charge in [0.1, 0.15) is 0 Å². The number of nitrogens with zero attached hydrogens (tertiary/aromatic N) is 2. The summed E-state index contributed by atoms with van der Waals surface area (Å²) >= 11 is 3.51. The summed E-state index contributed by atoms with van der Waals surface area (Å²) in [5, 5.41) is 4.06. The molecule has 0 saturated heterocycles. The smallest absolute Gasteiger partial charge is 0.258 e. The Labute approximate surface area is 131 Å². The maximum atomic E-state index is 5.82. The number of benzene rings is 2. The number of halogens is 1. The quantitative estimate of drug-likeness (QED) is 0.702. The van der Waals surface area contributed by atoms with Crippen LogP contribution in [0.5, 0.6) is 0 Å². The van der Waals surface area contributed by atoms with Gasteiger partial charge in [0, 0.05) is 21.3 Å². The summed E-state index contributed by atoms with van der Waals surface area (Å²) in [5.74, 6) is 1.04. The van der Waals surface area contributed by atoms with Gasteiger partial charge in [-0.1, -0.05) is 39.3 Å². The molecule has 3 aromatic rings. The first-order valence-corrected chi connectivity index (χ1v) is 7.30. The maximum absolute atomic E-state index is 5.82. The normalized spacial score (nSPS) is 10.8. The summed E-state index contributed by atoms with van der Waals surface area (Å²) in [6, 6.07) is 11.6. The third-order valence-electron chi connectivity index (χ3n) is 3.35. The number of nitrogens with two attached hydrogens (primary N) is 1. The summed E-state index contributed by atoms with van der Waals surface area (Å²) in [6.45, 7) is 4.02. The molecule has 0 radical (unpaired) electrons. The van der Waals surface area contributed by atoms with Crippen LogP contribution in [0, 0.1) is 13.8 Å². The van der Waals surface area contributed by atoms with E-state index in [2.05, 4.69) is 26.1 Å². The van der Waals surface area contributed by atoms with E-state index in [4.69, 9.17) is 10.3 Å². The zero-order valence-electron chi connectivity index (χ0n) is 11.7. The lowest BCUT2D eigenvalue weighted by Crippen LogP contribution is -1.89. The maximum Gasteiger partial charge on any atom is 0.258 e. The van der Waals surface area contributed by atoms with Crippen molar-refractivity contribution in [2.45, 2.75) is 13.8 Å². The number of hydrogen-bond donors (Lipinski definition) is 1. The third-order valence-corrected chi connectivity index (χ3v) is 4.20. The van der Waals surface area contributed by atoms with Gasteiger partial charge in [-0.25, -0.2) is 0 Å². The molecule has 2 aromatic carbocycles. The van der Waals surface area contributed by atoms with Crippen LogP contribution in [-0.2, 0) is 0 Å². The highest BCUT2D eigenvalue weighted by atomic mass is 79.9. The van der Waals surface area contributed by atoms with Gasteiger partial charge in [0.2, 0.25) is 5.82 Å². The van der Waals surface area contributed by atoms with Gasteiger partial charge in [-0.15, -0.1) is 0 Å². The van der Waals surface area contributed by atoms with Gasteiger partial charge in [-0.3, -0.25) is 0 Å². The molecule has 0 spiro atoms. The first-order valence-electron chi connectivity index (χ1n) is 6.51. The van der Waals surface area contributed by atoms with E-state index in [9.17, 15) is 0 Å². The largest absolute Gasteiger partial charge is 0.399 e. The van der Waals surface area contributed by atoms with E-state index in [1.165, 1.54) is 0 Å². The van der Waals surface area contributed by atoms with Crippen LogP contribution in [0.15, 0.2) is 45.4 Å². The topological polar surface area (TPSA) is 64.9 Å². The lowest BCUT2D eigenvalue weighted by atomic mass is 10.1. The number of rotatable bonds is 2. The predicted molar refractivity (Wildman–Crippen MR) is 86.8 cm³/mol. The molecule has 2 N–H and O–H groups in total. The number of aryl methyl sites for hydroxylation is 2. The van der Waals surface area contributed by atoms with Gasteiger partial charge in [0.15, 0.2) is 0 Å². The lowest BCUT2D eigenvalue weighted by molar-refractivity contribution is 0.432. The van der Waals surface area contributed by atoms with Gasteiger partial charge in [0.25, 0.3) is 5.89 Å². The van der Waals surface area contributed by atoms with Gasteiger partial charge >= 0.3 is 0 Å². The van der Waals surface area contributed by atoms with Crippen LogP contribution < -0.4 is 5.73 Å². The molecule has 1 heterocycles. The Kier molecular flexibility index (Phi) is 3.51. The van der Waals surface area contributed by atoms with Crippen molar-refractivity contribution in [1.29, 1.82) is 0 Å². The molecule has 1 aromatic heterocycles. The van der Waals surface area contributed by atoms with E-state index in [1.54, 1.807) is 0 Å². The van der Waals surface area contributed by atoms with Crippen LogP contribution in [0.25, 0.3) is 22.8 Å². The Morgan fingerprint density at radius 1 is 1.05 bits per heavy atom. The zero-order valence-corrected chi connectivity index (χ0v) is 13.3. The standard InChI is InChI=1S/C16H14BrN3O/c1-9-4-6-12(18)8-13(9)16-19-15(20-21-16)11-5-3-10(2)14(17)7-11/h3-8H,18H2,1-2H3. The van der Waals surface area contributed by atoms with Gasteiger partial charge in [0.05, 0.1) is 0 Å². The van der Waals surface area contributed by atoms with Crippen molar-refractivity contribution in [3.05, 3.63) is 52.0 Å². The Balaban J connectivity index is 2.03. The Morgan fingerprint density at radius 3 is 2.57 bits per heavy atom. The first kappa shape index (κ1) is 13.8. The van der Waals surface area contributed by atoms with Crippen molar-refractivity contribution in [2.75, 3.05) is 5.73 Å². The molecule has 0 aliphatic rings. The molecule has 5 heteroatoms. The molecule has 21 heavy (non-hydrogen) atoms. The number of hydrogen-bond acceptors (Lipinski definition) is 4. The second kappa shape index (κ2) is 5.33. The molecule has 4 nitrogen and oxygen atoms in total. The highest BCUT2D eigenvalue weighted by Gasteiger charge is 2.13. The molecule has 0 aliphatic heterocycles. The molecule has 0 aliphatic carbocycles. The number of anilines is 1. The van der Waals surface area contributed by atoms with Crippen LogP contribution in [-0.4, -0.2) is 10.1 Å². The second-order valence-electron chi connectivity index (χ2n) is 4.96. The van der Waals surface area contributed by atoms with Crippen LogP contribution in [0.4, 0.5) is 5.69 Å². The minimum atomic E-state index is 0.478. The Hall–Kier alpha value is -2.14. The second-order valence-corrected chi connectivity index (χ2v) is 5.82. The molecule has 0 unspecified atom stereocenters.